The predicted octanol–water partition coefficient (Wildman–Crippen LogP) is 0.531. The fourth-order valence-electron chi connectivity index (χ4n) is 0.727. The predicted molar refractivity (Wildman–Crippen MR) is 42.2 cm³/mol. The number of aromatic amines is 1. The molecular weight excluding hydrogens is 176 g/mol. The number of nitrogens with one attached hydrogen (secondary N) is 1. The van der Waals surface area contributed by atoms with Crippen LogP contribution in [0.25, 0.3) is 10.4 Å². The van der Waals surface area contributed by atoms with Crippen molar-refractivity contribution in [2.45, 2.75) is 0 Å². The van der Waals surface area contributed by atoms with Crippen molar-refractivity contribution in [3.63, 3.8) is 0 Å². The maximum absolute atomic E-state index is 10.9. The lowest BCUT2D eigenvalue weighted by Crippen LogP contribution is -2.06. The van der Waals surface area contributed by atoms with Crippen molar-refractivity contribution >= 4 is 5.91 Å². The molecule has 0 bridgehead atoms. The molecule has 2 N–H and O–H groups in total. The van der Waals surface area contributed by atoms with Crippen LogP contribution in [0.1, 0.15) is 10.4 Å². The highest BCUT2D eigenvalue weighted by atomic mass is 16.3. The minimum absolute atomic E-state index is 0.239. The van der Waals surface area contributed by atoms with Crippen LogP contribution in [0.2, 0.25) is 0 Å². The number of aromatic hydroxyl groups is 1. The van der Waals surface area contributed by atoms with E-state index in [4.69, 9.17) is 10.6 Å². The van der Waals surface area contributed by atoms with Gasteiger partial charge in [-0.3, -0.25) is 9.59 Å². The van der Waals surface area contributed by atoms with Gasteiger partial charge in [0.2, 0.25) is 0 Å². The van der Waals surface area contributed by atoms with E-state index in [-0.39, 0.29) is 5.56 Å². The lowest BCUT2D eigenvalue weighted by molar-refractivity contribution is 0.0997. The Bertz CT molecular complexity index is 443. The smallest absolute Gasteiger partial charge is 0.254 e. The molecule has 13 heavy (non-hydrogen) atoms. The molecular formula is C6H4N4O3. The zero-order valence-electron chi connectivity index (χ0n) is 6.26. The Hall–Kier alpha value is -2.27. The molecule has 0 aliphatic heterocycles. The lowest BCUT2D eigenvalue weighted by atomic mass is 10.2. The van der Waals surface area contributed by atoms with E-state index in [9.17, 15) is 9.59 Å². The summed E-state index contributed by atoms with van der Waals surface area (Å²) in [6.07, 6.45) is 0.981. The van der Waals surface area contributed by atoms with Gasteiger partial charge in [-0.25, -0.2) is 0 Å². The average Bonchev–Trinajstić information content (AvgIpc) is 2.04. The van der Waals surface area contributed by atoms with E-state index in [0.717, 1.165) is 12.3 Å². The average molecular weight is 180 g/mol. The fraction of sp³-hybridized carbons (Fsp3) is 0. The Morgan fingerprint density at radius 1 is 1.69 bits per heavy atom. The summed E-state index contributed by atoms with van der Waals surface area (Å²) in [6.45, 7) is 0. The standard InChI is InChI=1S/C6H4N4O3/c7-10-9-6(13)3-2-8-5(12)1-4(3)11/h1-2H,(H2,8,11,12). The third kappa shape index (κ3) is 1.85. The molecule has 1 heterocycles. The number of rotatable bonds is 1. The number of carbonyl (C=O) groups excluding carboxylic acids is 1. The van der Waals surface area contributed by atoms with Crippen LogP contribution in [0, 0.1) is 0 Å². The number of hydrogen-bond acceptors (Lipinski definition) is 3. The van der Waals surface area contributed by atoms with Crippen molar-refractivity contribution in [1.29, 1.82) is 0 Å². The number of pyridine rings is 1. The van der Waals surface area contributed by atoms with Crippen LogP contribution in [0.3, 0.4) is 0 Å². The van der Waals surface area contributed by atoms with Crippen molar-refractivity contribution < 1.29 is 9.90 Å². The third-order valence-corrected chi connectivity index (χ3v) is 1.27. The Kier molecular flexibility index (Phi) is 2.32. The summed E-state index contributed by atoms with van der Waals surface area (Å²) in [5.74, 6) is -1.46. The van der Waals surface area contributed by atoms with Crippen LogP contribution in [0.4, 0.5) is 0 Å². The fourth-order valence-corrected chi connectivity index (χ4v) is 0.727. The van der Waals surface area contributed by atoms with Gasteiger partial charge in [0, 0.05) is 17.2 Å². The highest BCUT2D eigenvalue weighted by molar-refractivity contribution is 5.96. The summed E-state index contributed by atoms with van der Waals surface area (Å²) in [6, 6.07) is 0.820. The van der Waals surface area contributed by atoms with Gasteiger partial charge < -0.3 is 10.1 Å². The topological polar surface area (TPSA) is 119 Å². The van der Waals surface area contributed by atoms with E-state index in [2.05, 4.69) is 15.0 Å². The van der Waals surface area contributed by atoms with Gasteiger partial charge in [-0.2, -0.15) is 0 Å². The first kappa shape index (κ1) is 8.82. The zero-order chi connectivity index (χ0) is 9.84. The first-order valence-corrected chi connectivity index (χ1v) is 3.16. The molecule has 1 amide bonds. The number of azide groups is 1. The molecule has 0 saturated carbocycles. The molecule has 0 atom stereocenters. The minimum atomic E-state index is -0.948. The number of hydrogen-bond donors (Lipinski definition) is 2. The van der Waals surface area contributed by atoms with Crippen LogP contribution in [0.5, 0.6) is 5.75 Å². The summed E-state index contributed by atoms with van der Waals surface area (Å²) in [4.78, 5) is 25.9. The van der Waals surface area contributed by atoms with Crippen LogP contribution >= 0.6 is 0 Å². The van der Waals surface area contributed by atoms with Gasteiger partial charge in [-0.1, -0.05) is 0 Å². The van der Waals surface area contributed by atoms with E-state index in [1.54, 1.807) is 0 Å². The van der Waals surface area contributed by atoms with E-state index < -0.39 is 17.2 Å². The van der Waals surface area contributed by atoms with E-state index in [0.29, 0.717) is 0 Å². The van der Waals surface area contributed by atoms with Gasteiger partial charge in [-0.05, 0) is 10.6 Å². The lowest BCUT2D eigenvalue weighted by Gasteiger charge is -1.96. The largest absolute Gasteiger partial charge is 0.507 e. The van der Waals surface area contributed by atoms with Crippen molar-refractivity contribution in [3.8, 4) is 5.75 Å². The summed E-state index contributed by atoms with van der Waals surface area (Å²) >= 11 is 0. The van der Waals surface area contributed by atoms with Crippen LogP contribution in [0.15, 0.2) is 22.2 Å². The van der Waals surface area contributed by atoms with Crippen LogP contribution in [-0.4, -0.2) is 16.0 Å². The summed E-state index contributed by atoms with van der Waals surface area (Å²) in [5, 5.41) is 11.8. The molecule has 1 rings (SSSR count). The molecule has 0 aliphatic rings. The normalized spacial score (nSPS) is 8.92. The molecule has 66 valence electrons. The minimum Gasteiger partial charge on any atom is -0.507 e. The van der Waals surface area contributed by atoms with Gasteiger partial charge in [0.1, 0.15) is 5.75 Å². The zero-order valence-corrected chi connectivity index (χ0v) is 6.26. The highest BCUT2D eigenvalue weighted by Gasteiger charge is 2.08. The molecule has 0 saturated heterocycles. The van der Waals surface area contributed by atoms with Crippen molar-refractivity contribution in [2.75, 3.05) is 0 Å². The van der Waals surface area contributed by atoms with Gasteiger partial charge in [0.25, 0.3) is 11.5 Å². The number of H-pyrrole nitrogens is 1. The molecule has 0 fully saturated rings. The molecule has 0 unspecified atom stereocenters. The molecule has 0 spiro atoms. The molecule has 7 heteroatoms. The quantitative estimate of drug-likeness (QED) is 0.372. The van der Waals surface area contributed by atoms with E-state index in [1.807, 2.05) is 0 Å². The van der Waals surface area contributed by atoms with Gasteiger partial charge in [0.15, 0.2) is 0 Å². The molecule has 0 radical (unpaired) electrons. The van der Waals surface area contributed by atoms with Gasteiger partial charge in [-0.15, -0.1) is 0 Å². The van der Waals surface area contributed by atoms with Crippen molar-refractivity contribution in [3.05, 3.63) is 38.6 Å². The van der Waals surface area contributed by atoms with Crippen molar-refractivity contribution in [1.82, 2.24) is 4.98 Å². The van der Waals surface area contributed by atoms with Gasteiger partial charge in [0.05, 0.1) is 5.56 Å². The Balaban J connectivity index is 3.23. The number of amides is 1. The maximum Gasteiger partial charge on any atom is 0.254 e. The second-order valence-corrected chi connectivity index (χ2v) is 2.09. The number of aromatic nitrogens is 1. The highest BCUT2D eigenvalue weighted by Crippen LogP contribution is 2.12. The van der Waals surface area contributed by atoms with Crippen LogP contribution < -0.4 is 5.56 Å². The maximum atomic E-state index is 10.9. The SMILES string of the molecule is [N-]=[N+]=NC(=O)c1c[nH]c(=O)cc1O. The third-order valence-electron chi connectivity index (χ3n) is 1.27. The first-order chi connectivity index (χ1) is 6.15. The number of carbonyl (C=O) groups is 1. The summed E-state index contributed by atoms with van der Waals surface area (Å²) in [5.41, 5.74) is 7.14. The summed E-state index contributed by atoms with van der Waals surface area (Å²) in [7, 11) is 0. The second-order valence-electron chi connectivity index (χ2n) is 2.09. The van der Waals surface area contributed by atoms with Crippen LogP contribution in [-0.2, 0) is 0 Å². The molecule has 1 aromatic rings. The molecule has 0 aromatic carbocycles. The molecule has 0 aliphatic carbocycles. The first-order valence-electron chi connectivity index (χ1n) is 3.16. The number of nitrogens with zero attached hydrogens (tertiary/aromatic N) is 3. The van der Waals surface area contributed by atoms with E-state index >= 15 is 0 Å². The second kappa shape index (κ2) is 3.42. The van der Waals surface area contributed by atoms with E-state index in [1.165, 1.54) is 0 Å². The molecule has 1 aromatic heterocycles. The Morgan fingerprint density at radius 3 is 2.92 bits per heavy atom. The summed E-state index contributed by atoms with van der Waals surface area (Å²) < 4.78 is 0. The van der Waals surface area contributed by atoms with Crippen molar-refractivity contribution in [2.24, 2.45) is 5.11 Å². The molecule has 7 nitrogen and oxygen atoms in total. The monoisotopic (exact) mass is 180 g/mol. The Labute approximate surface area is 71.3 Å². The Morgan fingerprint density at radius 2 is 2.38 bits per heavy atom. The van der Waals surface area contributed by atoms with Gasteiger partial charge >= 0.3 is 0 Å².